The van der Waals surface area contributed by atoms with Gasteiger partial charge in [-0.05, 0) is 50.5 Å². The normalized spacial score (nSPS) is 13.5. The van der Waals surface area contributed by atoms with Crippen LogP contribution in [-0.4, -0.2) is 20.3 Å². The molecule has 6 nitrogen and oxygen atoms in total. The maximum Gasteiger partial charge on any atom is 0.295 e. The molecule has 1 N–H and O–H groups in total. The average Bonchev–Trinajstić information content (AvgIpc) is 3.60. The lowest BCUT2D eigenvalue weighted by Gasteiger charge is -2.11. The van der Waals surface area contributed by atoms with Crippen LogP contribution in [0.25, 0.3) is 16.6 Å². The maximum atomic E-state index is 13.4. The van der Waals surface area contributed by atoms with Crippen LogP contribution in [0.5, 0.6) is 0 Å². The van der Waals surface area contributed by atoms with E-state index >= 15 is 0 Å². The number of nitrogens with zero attached hydrogens (tertiary/aromatic N) is 3. The molecule has 1 amide bonds. The maximum absolute atomic E-state index is 13.4. The fourth-order valence-electron chi connectivity index (χ4n) is 4.08. The highest BCUT2D eigenvalue weighted by Crippen LogP contribution is 2.40. The van der Waals surface area contributed by atoms with Crippen LogP contribution in [0.4, 0.5) is 5.69 Å². The number of carbonyl (C=O) groups excluding carboxylic acids is 1. The van der Waals surface area contributed by atoms with Gasteiger partial charge in [0.25, 0.3) is 11.5 Å². The first-order chi connectivity index (χ1) is 15.0. The van der Waals surface area contributed by atoms with Crippen molar-refractivity contribution in [1.82, 2.24) is 14.3 Å². The molecular weight excluding hydrogens is 388 g/mol. The van der Waals surface area contributed by atoms with Crippen LogP contribution in [0, 0.1) is 13.8 Å². The summed E-state index contributed by atoms with van der Waals surface area (Å²) in [6, 6.07) is 17.2. The van der Waals surface area contributed by atoms with Gasteiger partial charge in [-0.25, -0.2) is 4.68 Å². The predicted octanol–water partition coefficient (Wildman–Crippen LogP) is 4.47. The highest BCUT2D eigenvalue weighted by Gasteiger charge is 2.28. The Labute approximate surface area is 180 Å². The third-order valence-electron chi connectivity index (χ3n) is 6.09. The molecule has 2 aromatic carbocycles. The van der Waals surface area contributed by atoms with E-state index in [1.54, 1.807) is 9.36 Å². The smallest absolute Gasteiger partial charge is 0.295 e. The van der Waals surface area contributed by atoms with Crippen molar-refractivity contribution in [3.63, 3.8) is 0 Å². The number of fused-ring (bicyclic) bond motifs is 1. The molecule has 2 aromatic heterocycles. The number of hydrogen-bond donors (Lipinski definition) is 1. The molecule has 5 rings (SSSR count). The van der Waals surface area contributed by atoms with Crippen molar-refractivity contribution in [3.05, 3.63) is 87.5 Å². The summed E-state index contributed by atoms with van der Waals surface area (Å²) in [6.07, 6.45) is 2.20. The first-order valence-electron chi connectivity index (χ1n) is 10.5. The summed E-state index contributed by atoms with van der Waals surface area (Å²) >= 11 is 0. The van der Waals surface area contributed by atoms with Crippen molar-refractivity contribution < 1.29 is 4.79 Å². The van der Waals surface area contributed by atoms with Gasteiger partial charge < -0.3 is 5.32 Å². The number of rotatable bonds is 4. The van der Waals surface area contributed by atoms with E-state index < -0.39 is 0 Å². The van der Waals surface area contributed by atoms with Crippen LogP contribution >= 0.6 is 0 Å². The minimum atomic E-state index is -0.286. The standard InChI is InChI=1S/C25H24N4O2/c1-15-8-7-11-19-20(14-21(17-12-13-17)26-22(15)19)24(30)27-23-16(2)28(3)29(25(23)31)18-9-5-4-6-10-18/h4-11,14,17H,12-13H2,1-3H3,(H,27,30). The molecule has 0 spiro atoms. The molecular formula is C25H24N4O2. The predicted molar refractivity (Wildman–Crippen MR) is 122 cm³/mol. The zero-order valence-corrected chi connectivity index (χ0v) is 17.8. The molecule has 1 aliphatic carbocycles. The van der Waals surface area contributed by atoms with Crippen molar-refractivity contribution in [1.29, 1.82) is 0 Å². The van der Waals surface area contributed by atoms with E-state index in [9.17, 15) is 9.59 Å². The van der Waals surface area contributed by atoms with E-state index in [2.05, 4.69) is 5.32 Å². The van der Waals surface area contributed by atoms with Crippen molar-refractivity contribution in [3.8, 4) is 5.69 Å². The number of hydrogen-bond acceptors (Lipinski definition) is 3. The average molecular weight is 412 g/mol. The van der Waals surface area contributed by atoms with Crippen LogP contribution in [0.15, 0.2) is 59.4 Å². The number of aryl methyl sites for hydroxylation is 1. The lowest BCUT2D eigenvalue weighted by Crippen LogP contribution is -2.23. The molecule has 31 heavy (non-hydrogen) atoms. The van der Waals surface area contributed by atoms with Gasteiger partial charge >= 0.3 is 0 Å². The highest BCUT2D eigenvalue weighted by atomic mass is 16.2. The Morgan fingerprint density at radius 2 is 1.81 bits per heavy atom. The van der Waals surface area contributed by atoms with Crippen molar-refractivity contribution in [2.45, 2.75) is 32.6 Å². The summed E-state index contributed by atoms with van der Waals surface area (Å²) in [6.45, 7) is 3.84. The van der Waals surface area contributed by atoms with E-state index in [0.29, 0.717) is 22.9 Å². The Hall–Kier alpha value is -3.67. The zero-order valence-electron chi connectivity index (χ0n) is 17.8. The third-order valence-corrected chi connectivity index (χ3v) is 6.09. The first-order valence-corrected chi connectivity index (χ1v) is 10.5. The molecule has 4 aromatic rings. The second kappa shape index (κ2) is 7.23. The van der Waals surface area contributed by atoms with Gasteiger partial charge in [-0.15, -0.1) is 0 Å². The second-order valence-electron chi connectivity index (χ2n) is 8.23. The quantitative estimate of drug-likeness (QED) is 0.538. The lowest BCUT2D eigenvalue weighted by molar-refractivity contribution is 0.102. The molecule has 2 heterocycles. The fraction of sp³-hybridized carbons (Fsp3) is 0.240. The van der Waals surface area contributed by atoms with Gasteiger partial charge in [0.1, 0.15) is 5.69 Å². The lowest BCUT2D eigenvalue weighted by atomic mass is 10.0. The largest absolute Gasteiger partial charge is 0.316 e. The Kier molecular flexibility index (Phi) is 4.50. The highest BCUT2D eigenvalue weighted by molar-refractivity contribution is 6.13. The number of aromatic nitrogens is 3. The van der Waals surface area contributed by atoms with Crippen LogP contribution in [0.2, 0.25) is 0 Å². The first kappa shape index (κ1) is 19.3. The van der Waals surface area contributed by atoms with Gasteiger partial charge in [0, 0.05) is 24.0 Å². The molecule has 0 unspecified atom stereocenters. The Morgan fingerprint density at radius 3 is 2.52 bits per heavy atom. The molecule has 0 bridgehead atoms. The minimum Gasteiger partial charge on any atom is -0.316 e. The number of pyridine rings is 1. The summed E-state index contributed by atoms with van der Waals surface area (Å²) < 4.78 is 3.33. The summed E-state index contributed by atoms with van der Waals surface area (Å²) in [5.74, 6) is 0.134. The Morgan fingerprint density at radius 1 is 1.06 bits per heavy atom. The van der Waals surface area contributed by atoms with Crippen LogP contribution in [0.1, 0.15) is 46.1 Å². The topological polar surface area (TPSA) is 68.9 Å². The monoisotopic (exact) mass is 412 g/mol. The van der Waals surface area contributed by atoms with E-state index in [1.165, 1.54) is 0 Å². The number of amides is 1. The van der Waals surface area contributed by atoms with Gasteiger partial charge in [-0.2, -0.15) is 0 Å². The van der Waals surface area contributed by atoms with Gasteiger partial charge in [0.15, 0.2) is 0 Å². The van der Waals surface area contributed by atoms with Crippen molar-refractivity contribution in [2.75, 3.05) is 5.32 Å². The minimum absolute atomic E-state index is 0.253. The van der Waals surface area contributed by atoms with Crippen LogP contribution < -0.4 is 10.9 Å². The number of benzene rings is 2. The number of nitrogens with one attached hydrogen (secondary N) is 1. The van der Waals surface area contributed by atoms with Crippen molar-refractivity contribution in [2.24, 2.45) is 7.05 Å². The van der Waals surface area contributed by atoms with Crippen LogP contribution in [-0.2, 0) is 7.05 Å². The summed E-state index contributed by atoms with van der Waals surface area (Å²) in [5, 5.41) is 3.71. The zero-order chi connectivity index (χ0) is 21.7. The van der Waals surface area contributed by atoms with Crippen molar-refractivity contribution >= 4 is 22.5 Å². The molecule has 1 aliphatic rings. The molecule has 0 saturated heterocycles. The van der Waals surface area contributed by atoms with Gasteiger partial charge in [-0.1, -0.05) is 36.4 Å². The Bertz CT molecular complexity index is 1380. The Balaban J connectivity index is 1.60. The van der Waals surface area contributed by atoms with E-state index in [0.717, 1.165) is 40.7 Å². The summed E-state index contributed by atoms with van der Waals surface area (Å²) in [7, 11) is 1.82. The molecule has 1 fully saturated rings. The summed E-state index contributed by atoms with van der Waals surface area (Å²) in [5.41, 5.74) is 4.89. The molecule has 6 heteroatoms. The van der Waals surface area contributed by atoms with Gasteiger partial charge in [-0.3, -0.25) is 19.3 Å². The SMILES string of the molecule is Cc1cccc2c(C(=O)Nc3c(C)n(C)n(-c4ccccc4)c3=O)cc(C3CC3)nc12. The molecule has 0 aliphatic heterocycles. The van der Waals surface area contributed by atoms with E-state index in [1.807, 2.05) is 75.5 Å². The van der Waals surface area contributed by atoms with Crippen LogP contribution in [0.3, 0.4) is 0 Å². The molecule has 1 saturated carbocycles. The number of para-hydroxylation sites is 2. The van der Waals surface area contributed by atoms with Gasteiger partial charge in [0.05, 0.1) is 22.5 Å². The van der Waals surface area contributed by atoms with Gasteiger partial charge in [0.2, 0.25) is 0 Å². The molecule has 0 radical (unpaired) electrons. The number of carbonyl (C=O) groups is 1. The molecule has 0 atom stereocenters. The third kappa shape index (κ3) is 3.24. The second-order valence-corrected chi connectivity index (χ2v) is 8.23. The summed E-state index contributed by atoms with van der Waals surface area (Å²) in [4.78, 5) is 31.4. The molecule has 156 valence electrons. The van der Waals surface area contributed by atoms with E-state index in [-0.39, 0.29) is 11.5 Å². The number of anilines is 1. The fourth-order valence-corrected chi connectivity index (χ4v) is 4.08. The van der Waals surface area contributed by atoms with E-state index in [4.69, 9.17) is 4.98 Å².